The fourth-order valence-corrected chi connectivity index (χ4v) is 2.90. The predicted molar refractivity (Wildman–Crippen MR) is 70.2 cm³/mol. The summed E-state index contributed by atoms with van der Waals surface area (Å²) in [4.78, 5) is 0. The number of rotatable bonds is 1. The van der Waals surface area contributed by atoms with Gasteiger partial charge in [-0.25, -0.2) is 0 Å². The summed E-state index contributed by atoms with van der Waals surface area (Å²) in [6, 6.07) is 4.51. The third-order valence-corrected chi connectivity index (χ3v) is 3.85. The number of hydrogen-bond acceptors (Lipinski definition) is 2. The van der Waals surface area contributed by atoms with Gasteiger partial charge >= 0.3 is 0 Å². The van der Waals surface area contributed by atoms with E-state index in [1.807, 2.05) is 6.92 Å². The molecule has 1 aliphatic rings. The summed E-state index contributed by atoms with van der Waals surface area (Å²) in [6.07, 6.45) is 5.02. The highest BCUT2D eigenvalue weighted by Gasteiger charge is 2.17. The Hall–Kier alpha value is -1.28. The van der Waals surface area contributed by atoms with Crippen LogP contribution in [0, 0.1) is 6.92 Å². The van der Waals surface area contributed by atoms with Gasteiger partial charge in [0.25, 0.3) is 0 Å². The Labute approximate surface area is 102 Å². The molecular weight excluding hydrogens is 210 g/mol. The van der Waals surface area contributed by atoms with Gasteiger partial charge in [-0.15, -0.1) is 0 Å². The molecule has 2 aromatic rings. The summed E-state index contributed by atoms with van der Waals surface area (Å²) in [6.45, 7) is 4.09. The van der Waals surface area contributed by atoms with Crippen molar-refractivity contribution in [3.8, 4) is 0 Å². The molecule has 0 saturated heterocycles. The van der Waals surface area contributed by atoms with Crippen molar-refractivity contribution in [2.45, 2.75) is 45.6 Å². The van der Waals surface area contributed by atoms with E-state index in [2.05, 4.69) is 19.1 Å². The van der Waals surface area contributed by atoms with Gasteiger partial charge in [-0.1, -0.05) is 0 Å². The minimum absolute atomic E-state index is 0.0283. The lowest BCUT2D eigenvalue weighted by Gasteiger charge is -2.14. The molecule has 2 N–H and O–H groups in total. The van der Waals surface area contributed by atoms with Crippen molar-refractivity contribution in [1.29, 1.82) is 0 Å². The molecule has 1 atom stereocenters. The molecule has 0 aliphatic heterocycles. The Kier molecular flexibility index (Phi) is 2.48. The molecule has 1 heterocycles. The Morgan fingerprint density at radius 2 is 1.82 bits per heavy atom. The second kappa shape index (κ2) is 3.88. The van der Waals surface area contributed by atoms with E-state index in [4.69, 9.17) is 10.2 Å². The van der Waals surface area contributed by atoms with Crippen LogP contribution in [0.3, 0.4) is 0 Å². The molecule has 0 radical (unpaired) electrons. The van der Waals surface area contributed by atoms with E-state index in [1.165, 1.54) is 47.8 Å². The number of hydrogen-bond donors (Lipinski definition) is 1. The van der Waals surface area contributed by atoms with E-state index in [0.29, 0.717) is 0 Å². The molecule has 1 aliphatic carbocycles. The number of benzene rings is 1. The second-order valence-electron chi connectivity index (χ2n) is 5.20. The minimum Gasteiger partial charge on any atom is -0.459 e. The van der Waals surface area contributed by atoms with Gasteiger partial charge in [-0.05, 0) is 68.4 Å². The van der Waals surface area contributed by atoms with Gasteiger partial charge < -0.3 is 10.2 Å². The lowest BCUT2D eigenvalue weighted by atomic mass is 9.90. The fraction of sp³-hybridized carbons (Fsp3) is 0.467. The number of nitrogens with two attached hydrogens (primary N) is 1. The van der Waals surface area contributed by atoms with Crippen LogP contribution < -0.4 is 5.73 Å². The van der Waals surface area contributed by atoms with E-state index in [9.17, 15) is 0 Å². The average Bonchev–Trinajstić information content (AvgIpc) is 2.64. The Bertz CT molecular complexity index is 566. The standard InChI is InChI=1S/C15H19NO/c1-9-13-7-11-5-3-4-6-12(11)8-14(13)17-15(9)10(2)16/h7-8,10H,3-6,16H2,1-2H3. The topological polar surface area (TPSA) is 39.2 Å². The molecule has 0 spiro atoms. The number of aryl methyl sites for hydroxylation is 3. The van der Waals surface area contributed by atoms with Crippen LogP contribution in [0.2, 0.25) is 0 Å². The molecule has 1 aromatic carbocycles. The van der Waals surface area contributed by atoms with Gasteiger partial charge in [0.2, 0.25) is 0 Å². The van der Waals surface area contributed by atoms with E-state index in [0.717, 1.165) is 11.3 Å². The van der Waals surface area contributed by atoms with Crippen LogP contribution in [0.4, 0.5) is 0 Å². The van der Waals surface area contributed by atoms with Crippen molar-refractivity contribution in [3.05, 3.63) is 34.6 Å². The van der Waals surface area contributed by atoms with Gasteiger partial charge in [-0.2, -0.15) is 0 Å². The van der Waals surface area contributed by atoms with Crippen molar-refractivity contribution in [3.63, 3.8) is 0 Å². The monoisotopic (exact) mass is 229 g/mol. The molecule has 0 fully saturated rings. The second-order valence-corrected chi connectivity index (χ2v) is 5.20. The van der Waals surface area contributed by atoms with Crippen molar-refractivity contribution in [2.75, 3.05) is 0 Å². The third kappa shape index (κ3) is 1.67. The highest BCUT2D eigenvalue weighted by molar-refractivity contribution is 5.84. The Balaban J connectivity index is 2.23. The maximum absolute atomic E-state index is 5.94. The first kappa shape index (κ1) is 10.8. The van der Waals surface area contributed by atoms with Crippen molar-refractivity contribution >= 4 is 11.0 Å². The van der Waals surface area contributed by atoms with Crippen LogP contribution in [0.15, 0.2) is 16.5 Å². The van der Waals surface area contributed by atoms with E-state index in [1.54, 1.807) is 0 Å². The van der Waals surface area contributed by atoms with Gasteiger partial charge in [0.05, 0.1) is 6.04 Å². The van der Waals surface area contributed by atoms with Crippen molar-refractivity contribution < 1.29 is 4.42 Å². The summed E-state index contributed by atoms with van der Waals surface area (Å²) < 4.78 is 5.90. The van der Waals surface area contributed by atoms with Crippen LogP contribution in [0.25, 0.3) is 11.0 Å². The van der Waals surface area contributed by atoms with E-state index in [-0.39, 0.29) is 6.04 Å². The predicted octanol–water partition coefficient (Wildman–Crippen LogP) is 3.64. The van der Waals surface area contributed by atoms with Crippen LogP contribution in [-0.4, -0.2) is 0 Å². The summed E-state index contributed by atoms with van der Waals surface area (Å²) in [5.41, 5.74) is 11.1. The Morgan fingerprint density at radius 3 is 2.47 bits per heavy atom. The maximum atomic E-state index is 5.94. The van der Waals surface area contributed by atoms with Gasteiger partial charge in [0.15, 0.2) is 0 Å². The first-order chi connectivity index (χ1) is 8.16. The zero-order valence-corrected chi connectivity index (χ0v) is 10.5. The van der Waals surface area contributed by atoms with Crippen molar-refractivity contribution in [2.24, 2.45) is 5.73 Å². The molecular formula is C15H19NO. The molecule has 0 bridgehead atoms. The molecule has 1 aromatic heterocycles. The number of furan rings is 1. The average molecular weight is 229 g/mol. The summed E-state index contributed by atoms with van der Waals surface area (Å²) in [5, 5.41) is 1.25. The van der Waals surface area contributed by atoms with Gasteiger partial charge in [0, 0.05) is 5.39 Å². The van der Waals surface area contributed by atoms with E-state index < -0.39 is 0 Å². The first-order valence-electron chi connectivity index (χ1n) is 6.47. The van der Waals surface area contributed by atoms with Crippen LogP contribution in [-0.2, 0) is 12.8 Å². The number of fused-ring (bicyclic) bond motifs is 2. The Morgan fingerprint density at radius 1 is 1.18 bits per heavy atom. The summed E-state index contributed by atoms with van der Waals surface area (Å²) >= 11 is 0. The SMILES string of the molecule is Cc1c(C(C)N)oc2cc3c(cc12)CCCC3. The molecule has 2 nitrogen and oxygen atoms in total. The normalized spacial score (nSPS) is 17.1. The van der Waals surface area contributed by atoms with Gasteiger partial charge in [0.1, 0.15) is 11.3 Å². The largest absolute Gasteiger partial charge is 0.459 e. The molecule has 0 amide bonds. The van der Waals surface area contributed by atoms with Crippen LogP contribution in [0.1, 0.15) is 48.3 Å². The highest BCUT2D eigenvalue weighted by Crippen LogP contribution is 2.33. The molecule has 0 saturated carbocycles. The van der Waals surface area contributed by atoms with Crippen molar-refractivity contribution in [1.82, 2.24) is 0 Å². The van der Waals surface area contributed by atoms with Crippen LogP contribution >= 0.6 is 0 Å². The molecule has 1 unspecified atom stereocenters. The first-order valence-corrected chi connectivity index (χ1v) is 6.47. The quantitative estimate of drug-likeness (QED) is 0.810. The highest BCUT2D eigenvalue weighted by atomic mass is 16.3. The lowest BCUT2D eigenvalue weighted by Crippen LogP contribution is -2.04. The minimum atomic E-state index is -0.0283. The van der Waals surface area contributed by atoms with Gasteiger partial charge in [-0.3, -0.25) is 0 Å². The molecule has 3 rings (SSSR count). The summed E-state index contributed by atoms with van der Waals surface area (Å²) in [7, 11) is 0. The van der Waals surface area contributed by atoms with Crippen LogP contribution in [0.5, 0.6) is 0 Å². The van der Waals surface area contributed by atoms with E-state index >= 15 is 0 Å². The molecule has 90 valence electrons. The fourth-order valence-electron chi connectivity index (χ4n) is 2.90. The zero-order chi connectivity index (χ0) is 12.0. The molecule has 17 heavy (non-hydrogen) atoms. The lowest BCUT2D eigenvalue weighted by molar-refractivity contribution is 0.508. The third-order valence-electron chi connectivity index (χ3n) is 3.85. The summed E-state index contributed by atoms with van der Waals surface area (Å²) in [5.74, 6) is 0.933. The zero-order valence-electron chi connectivity index (χ0n) is 10.5. The molecule has 2 heteroatoms. The maximum Gasteiger partial charge on any atom is 0.134 e. The smallest absolute Gasteiger partial charge is 0.134 e.